The summed E-state index contributed by atoms with van der Waals surface area (Å²) < 4.78 is 0. The second-order valence-electron chi connectivity index (χ2n) is 6.01. The maximum absolute atomic E-state index is 10.3. The van der Waals surface area contributed by atoms with Gasteiger partial charge >= 0.3 is 5.97 Å². The first-order chi connectivity index (χ1) is 12.6. The molecule has 0 saturated heterocycles. The van der Waals surface area contributed by atoms with Crippen LogP contribution in [0.3, 0.4) is 0 Å². The van der Waals surface area contributed by atoms with Crippen LogP contribution in [-0.4, -0.2) is 33.5 Å². The molecule has 4 heteroatoms. The molecule has 0 fully saturated rings. The molecule has 2 unspecified atom stereocenters. The zero-order valence-corrected chi connectivity index (χ0v) is 15.8. The van der Waals surface area contributed by atoms with E-state index in [4.69, 9.17) is 5.11 Å². The predicted molar refractivity (Wildman–Crippen MR) is 108 cm³/mol. The number of allylic oxidation sites excluding steroid dienone is 8. The summed E-state index contributed by atoms with van der Waals surface area (Å²) >= 11 is 0. The van der Waals surface area contributed by atoms with Crippen molar-refractivity contribution in [1.82, 2.24) is 0 Å². The van der Waals surface area contributed by atoms with Crippen LogP contribution in [0.5, 0.6) is 0 Å². The van der Waals surface area contributed by atoms with Crippen molar-refractivity contribution in [3.05, 3.63) is 60.8 Å². The Morgan fingerprint density at radius 1 is 0.731 bits per heavy atom. The van der Waals surface area contributed by atoms with Gasteiger partial charge in [-0.15, -0.1) is 0 Å². The van der Waals surface area contributed by atoms with Gasteiger partial charge < -0.3 is 15.3 Å². The van der Waals surface area contributed by atoms with Crippen LogP contribution in [0.4, 0.5) is 0 Å². The quantitative estimate of drug-likeness (QED) is 0.369. The van der Waals surface area contributed by atoms with Gasteiger partial charge in [-0.3, -0.25) is 4.79 Å². The third-order valence-corrected chi connectivity index (χ3v) is 3.61. The summed E-state index contributed by atoms with van der Waals surface area (Å²) in [5, 5.41) is 28.1. The molecule has 0 aromatic carbocycles. The lowest BCUT2D eigenvalue weighted by Gasteiger charge is -2.14. The van der Waals surface area contributed by atoms with Crippen LogP contribution in [0, 0.1) is 0 Å². The molecule has 2 atom stereocenters. The van der Waals surface area contributed by atoms with E-state index >= 15 is 0 Å². The zero-order chi connectivity index (χ0) is 19.5. The molecule has 0 saturated carbocycles. The molecule has 0 amide bonds. The molecular weight excluding hydrogens is 328 g/mol. The predicted octanol–water partition coefficient (Wildman–Crippen LogP) is 4.71. The molecular formula is C22H34O4. The summed E-state index contributed by atoms with van der Waals surface area (Å²) in [4.78, 5) is 10.3. The van der Waals surface area contributed by atoms with Gasteiger partial charge in [-0.2, -0.15) is 0 Å². The molecule has 0 aromatic heterocycles. The molecule has 0 aliphatic carbocycles. The Balaban J connectivity index is 3.70. The molecule has 3 N–H and O–H groups in total. The van der Waals surface area contributed by atoms with E-state index in [1.54, 1.807) is 0 Å². The summed E-state index contributed by atoms with van der Waals surface area (Å²) in [5.41, 5.74) is 0. The lowest BCUT2D eigenvalue weighted by molar-refractivity contribution is -0.136. The summed E-state index contributed by atoms with van der Waals surface area (Å²) in [6.45, 7) is 2.04. The molecule has 0 spiro atoms. The fourth-order valence-electron chi connectivity index (χ4n) is 2.09. The van der Waals surface area contributed by atoms with Gasteiger partial charge in [-0.1, -0.05) is 67.7 Å². The number of rotatable bonds is 15. The minimum absolute atomic E-state index is 0.183. The lowest BCUT2D eigenvalue weighted by Crippen LogP contribution is -2.24. The second-order valence-corrected chi connectivity index (χ2v) is 6.01. The first-order valence-electron chi connectivity index (χ1n) is 9.40. The number of hydrogen-bond acceptors (Lipinski definition) is 3. The van der Waals surface area contributed by atoms with E-state index in [9.17, 15) is 15.0 Å². The Morgan fingerprint density at radius 2 is 1.15 bits per heavy atom. The Morgan fingerprint density at radius 3 is 1.62 bits per heavy atom. The Labute approximate surface area is 157 Å². The van der Waals surface area contributed by atoms with Crippen molar-refractivity contribution in [2.24, 2.45) is 0 Å². The van der Waals surface area contributed by atoms with Gasteiger partial charge in [0.2, 0.25) is 0 Å². The largest absolute Gasteiger partial charge is 0.481 e. The highest BCUT2D eigenvalue weighted by molar-refractivity contribution is 5.66. The molecule has 0 radical (unpaired) electrons. The van der Waals surface area contributed by atoms with Gasteiger partial charge in [0.1, 0.15) is 0 Å². The lowest BCUT2D eigenvalue weighted by atomic mass is 10.1. The summed E-state index contributed by atoms with van der Waals surface area (Å²) in [5.74, 6) is -0.765. The maximum Gasteiger partial charge on any atom is 0.303 e. The van der Waals surface area contributed by atoms with Crippen LogP contribution in [0.2, 0.25) is 0 Å². The Kier molecular flexibility index (Phi) is 16.6. The van der Waals surface area contributed by atoms with Crippen LogP contribution < -0.4 is 0 Å². The average Bonchev–Trinajstić information content (AvgIpc) is 2.61. The standard InChI is InChI=1S/C22H34O4/c1-2-3-14-17-20(23)21(24)18-15-12-10-8-6-4-5-7-9-11-13-16-19-22(25)26/h3,5-8,11-15,20-21,23-24H,2,4,9-10,16-19H2,1H3,(H,25,26)/b7-5-,8-6+,13-11-,14-3-,15-12-. The highest BCUT2D eigenvalue weighted by Gasteiger charge is 2.12. The fraction of sp³-hybridized carbons (Fsp3) is 0.500. The number of carboxylic acid groups (broad SMARTS) is 1. The van der Waals surface area contributed by atoms with Crippen molar-refractivity contribution < 1.29 is 20.1 Å². The minimum atomic E-state index is -0.765. The van der Waals surface area contributed by atoms with Gasteiger partial charge in [-0.25, -0.2) is 0 Å². The van der Waals surface area contributed by atoms with E-state index in [0.717, 1.165) is 25.7 Å². The van der Waals surface area contributed by atoms with Gasteiger partial charge in [0.25, 0.3) is 0 Å². The van der Waals surface area contributed by atoms with E-state index < -0.39 is 18.2 Å². The van der Waals surface area contributed by atoms with Gasteiger partial charge in [0.05, 0.1) is 12.2 Å². The first kappa shape index (κ1) is 24.1. The number of hydrogen-bond donors (Lipinski definition) is 3. The van der Waals surface area contributed by atoms with E-state index in [0.29, 0.717) is 19.3 Å². The van der Waals surface area contributed by atoms with Crippen molar-refractivity contribution in [1.29, 1.82) is 0 Å². The summed E-state index contributed by atoms with van der Waals surface area (Å²) in [6, 6.07) is 0. The van der Waals surface area contributed by atoms with Crippen LogP contribution in [0.1, 0.15) is 58.3 Å². The van der Waals surface area contributed by atoms with E-state index in [1.165, 1.54) is 0 Å². The Hall–Kier alpha value is -1.91. The van der Waals surface area contributed by atoms with Crippen molar-refractivity contribution >= 4 is 5.97 Å². The highest BCUT2D eigenvalue weighted by atomic mass is 16.4. The van der Waals surface area contributed by atoms with Gasteiger partial charge in [0.15, 0.2) is 0 Å². The zero-order valence-electron chi connectivity index (χ0n) is 15.8. The SMILES string of the molecule is CC/C=C\CC(O)C(O)C/C=C\C/C=C/C/C=C\C/C=C\CCC(=O)O. The minimum Gasteiger partial charge on any atom is -0.481 e. The smallest absolute Gasteiger partial charge is 0.303 e. The molecule has 0 aliphatic rings. The molecule has 0 aromatic rings. The average molecular weight is 363 g/mol. The maximum atomic E-state index is 10.3. The highest BCUT2D eigenvalue weighted by Crippen LogP contribution is 2.06. The monoisotopic (exact) mass is 362 g/mol. The molecule has 0 bridgehead atoms. The molecule has 146 valence electrons. The number of aliphatic hydroxyl groups excluding tert-OH is 2. The van der Waals surface area contributed by atoms with Gasteiger partial charge in [-0.05, 0) is 44.9 Å². The van der Waals surface area contributed by atoms with Crippen LogP contribution >= 0.6 is 0 Å². The third-order valence-electron chi connectivity index (χ3n) is 3.61. The number of carbonyl (C=O) groups is 1. The fourth-order valence-corrected chi connectivity index (χ4v) is 2.09. The van der Waals surface area contributed by atoms with Crippen molar-refractivity contribution in [3.8, 4) is 0 Å². The van der Waals surface area contributed by atoms with Crippen LogP contribution in [0.15, 0.2) is 60.8 Å². The second kappa shape index (κ2) is 17.9. The van der Waals surface area contributed by atoms with Crippen molar-refractivity contribution in [2.75, 3.05) is 0 Å². The van der Waals surface area contributed by atoms with E-state index in [2.05, 4.69) is 24.3 Å². The Bertz CT molecular complexity index is 486. The van der Waals surface area contributed by atoms with Crippen molar-refractivity contribution in [3.63, 3.8) is 0 Å². The molecule has 0 heterocycles. The topological polar surface area (TPSA) is 77.8 Å². The number of aliphatic carboxylic acids is 1. The number of carboxylic acids is 1. The van der Waals surface area contributed by atoms with Crippen LogP contribution in [-0.2, 0) is 4.79 Å². The molecule has 4 nitrogen and oxygen atoms in total. The van der Waals surface area contributed by atoms with E-state index in [-0.39, 0.29) is 6.42 Å². The number of aliphatic hydroxyl groups is 2. The van der Waals surface area contributed by atoms with Gasteiger partial charge in [0, 0.05) is 6.42 Å². The van der Waals surface area contributed by atoms with E-state index in [1.807, 2.05) is 43.4 Å². The molecule has 0 rings (SSSR count). The summed E-state index contributed by atoms with van der Waals surface area (Å²) in [6.07, 6.45) is 23.6. The summed E-state index contributed by atoms with van der Waals surface area (Å²) in [7, 11) is 0. The van der Waals surface area contributed by atoms with Crippen molar-refractivity contribution in [2.45, 2.75) is 70.5 Å². The first-order valence-corrected chi connectivity index (χ1v) is 9.40. The molecule has 26 heavy (non-hydrogen) atoms. The molecule has 0 aliphatic heterocycles. The third kappa shape index (κ3) is 16.9. The van der Waals surface area contributed by atoms with Crippen LogP contribution in [0.25, 0.3) is 0 Å². The normalized spacial score (nSPS) is 15.2.